The molecule has 0 bridgehead atoms. The van der Waals surface area contributed by atoms with Gasteiger partial charge in [-0.2, -0.15) is 0 Å². The van der Waals surface area contributed by atoms with E-state index in [-0.39, 0.29) is 0 Å². The molecule has 23 heavy (non-hydrogen) atoms. The van der Waals surface area contributed by atoms with Gasteiger partial charge in [0.05, 0.1) is 4.75 Å². The van der Waals surface area contributed by atoms with Gasteiger partial charge in [-0.25, -0.2) is 13.1 Å². The van der Waals surface area contributed by atoms with Crippen LogP contribution in [0.3, 0.4) is 0 Å². The molecule has 0 saturated carbocycles. The molecule has 7 heteroatoms. The molecule has 0 aromatic heterocycles. The van der Waals surface area contributed by atoms with E-state index in [0.29, 0.717) is 6.54 Å². The van der Waals surface area contributed by atoms with Gasteiger partial charge in [0.2, 0.25) is 10.0 Å². The summed E-state index contributed by atoms with van der Waals surface area (Å²) < 4.78 is 36.9. The maximum Gasteiger partial charge on any atom is 0.216 e. The van der Waals surface area contributed by atoms with Crippen LogP contribution in [0.1, 0.15) is 40.0 Å². The summed E-state index contributed by atoms with van der Waals surface area (Å²) in [5, 5.41) is 3.30. The summed E-state index contributed by atoms with van der Waals surface area (Å²) in [5.41, 5.74) is 1.01. The number of hydrogen-bond acceptors (Lipinski definition) is 4. The lowest BCUT2D eigenvalue weighted by molar-refractivity contribution is 0.540. The Labute approximate surface area is 142 Å². The van der Waals surface area contributed by atoms with Crippen molar-refractivity contribution in [3.8, 4) is 0 Å². The molecular weight excluding hydrogens is 332 g/mol. The van der Waals surface area contributed by atoms with Crippen LogP contribution in [0.4, 0.5) is 5.69 Å². The summed E-state index contributed by atoms with van der Waals surface area (Å²) in [5.74, 6) is 0. The van der Waals surface area contributed by atoms with Gasteiger partial charge in [-0.05, 0) is 57.9 Å². The zero-order valence-electron chi connectivity index (χ0n) is 14.4. The van der Waals surface area contributed by atoms with Crippen LogP contribution in [0.5, 0.6) is 0 Å². The molecule has 0 heterocycles. The third-order valence-corrected chi connectivity index (χ3v) is 6.60. The summed E-state index contributed by atoms with van der Waals surface area (Å²) >= 11 is 0. The van der Waals surface area contributed by atoms with Gasteiger partial charge in [0.15, 0.2) is 0 Å². The Morgan fingerprint density at radius 3 is 2.09 bits per heavy atom. The minimum atomic E-state index is -3.24. The molecule has 0 spiro atoms. The highest BCUT2D eigenvalue weighted by atomic mass is 32.2. The Hall–Kier alpha value is -0.920. The van der Waals surface area contributed by atoms with E-state index in [9.17, 15) is 12.6 Å². The van der Waals surface area contributed by atoms with Gasteiger partial charge in [0.25, 0.3) is 0 Å². The molecule has 0 aliphatic heterocycles. The lowest BCUT2D eigenvalue weighted by atomic mass is 10.2. The Kier molecular flexibility index (Phi) is 7.70. The lowest BCUT2D eigenvalue weighted by Gasteiger charge is -2.19. The third kappa shape index (κ3) is 7.01. The van der Waals surface area contributed by atoms with Gasteiger partial charge in [-0.15, -0.1) is 0 Å². The Balaban J connectivity index is 2.18. The number of sulfonamides is 1. The van der Waals surface area contributed by atoms with Crippen molar-refractivity contribution < 1.29 is 12.6 Å². The predicted octanol–water partition coefficient (Wildman–Crippen LogP) is 2.72. The molecule has 0 aliphatic carbocycles. The Morgan fingerprint density at radius 1 is 1.00 bits per heavy atom. The van der Waals surface area contributed by atoms with E-state index in [4.69, 9.17) is 0 Å². The normalized spacial score (nSPS) is 13.7. The second kappa shape index (κ2) is 8.80. The number of unbranched alkanes of at least 4 members (excludes halogenated alkanes) is 2. The quantitative estimate of drug-likeness (QED) is 0.664. The molecule has 1 unspecified atom stereocenters. The summed E-state index contributed by atoms with van der Waals surface area (Å²) in [6.07, 6.45) is 4.41. The molecule has 0 fully saturated rings. The molecule has 1 aromatic carbocycles. The fourth-order valence-corrected chi connectivity index (χ4v) is 3.21. The number of rotatable bonds is 9. The largest absolute Gasteiger partial charge is 0.385 e. The second-order valence-corrected chi connectivity index (χ2v) is 10.4. The summed E-state index contributed by atoms with van der Waals surface area (Å²) in [7, 11) is -4.18. The van der Waals surface area contributed by atoms with Crippen molar-refractivity contribution in [3.63, 3.8) is 0 Å². The minimum Gasteiger partial charge on any atom is -0.385 e. The summed E-state index contributed by atoms with van der Waals surface area (Å²) in [4.78, 5) is 0.821. The van der Waals surface area contributed by atoms with E-state index in [0.717, 1.165) is 36.4 Å². The van der Waals surface area contributed by atoms with E-state index >= 15 is 0 Å². The maximum atomic E-state index is 11.9. The van der Waals surface area contributed by atoms with Gasteiger partial charge in [-0.1, -0.05) is 6.42 Å². The van der Waals surface area contributed by atoms with Crippen molar-refractivity contribution in [1.82, 2.24) is 4.72 Å². The topological polar surface area (TPSA) is 75.3 Å². The van der Waals surface area contributed by atoms with Crippen molar-refractivity contribution in [2.24, 2.45) is 0 Å². The highest BCUT2D eigenvalue weighted by Gasteiger charge is 2.27. The zero-order valence-corrected chi connectivity index (χ0v) is 16.0. The smallest absolute Gasteiger partial charge is 0.216 e. The van der Waals surface area contributed by atoms with E-state index in [1.165, 1.54) is 0 Å². The molecular formula is C16H28N2O3S2. The number of hydrogen-bond donors (Lipinski definition) is 2. The average Bonchev–Trinajstić information content (AvgIpc) is 2.45. The van der Waals surface area contributed by atoms with Crippen molar-refractivity contribution in [2.75, 3.05) is 24.7 Å². The van der Waals surface area contributed by atoms with Gasteiger partial charge < -0.3 is 5.32 Å². The fourth-order valence-electron chi connectivity index (χ4n) is 1.85. The first-order chi connectivity index (χ1) is 10.6. The average molecular weight is 361 g/mol. The Morgan fingerprint density at radius 2 is 1.57 bits per heavy atom. The highest BCUT2D eigenvalue weighted by molar-refractivity contribution is 7.90. The fraction of sp³-hybridized carbons (Fsp3) is 0.625. The van der Waals surface area contributed by atoms with Crippen LogP contribution in [-0.2, 0) is 20.8 Å². The van der Waals surface area contributed by atoms with Crippen LogP contribution in [0.15, 0.2) is 29.2 Å². The molecule has 5 nitrogen and oxygen atoms in total. The van der Waals surface area contributed by atoms with E-state index in [1.54, 1.807) is 27.0 Å². The Bertz CT molecular complexity index is 605. The van der Waals surface area contributed by atoms with Crippen molar-refractivity contribution in [2.45, 2.75) is 49.7 Å². The summed E-state index contributed by atoms with van der Waals surface area (Å²) in [6.45, 7) is 6.40. The first-order valence-corrected chi connectivity index (χ1v) is 10.8. The molecule has 2 N–H and O–H groups in total. The van der Waals surface area contributed by atoms with Gasteiger partial charge in [0.1, 0.15) is 0 Å². The standard InChI is InChI=1S/C16H28N2O3S2/c1-16(2,3)23(20,21)18-13-7-5-6-12-17-14-8-10-15(11-9-14)22(4)19/h8-11,17-18H,5-7,12-13H2,1-4H3. The predicted molar refractivity (Wildman–Crippen MR) is 97.8 cm³/mol. The van der Waals surface area contributed by atoms with Crippen LogP contribution in [0.25, 0.3) is 0 Å². The van der Waals surface area contributed by atoms with E-state index < -0.39 is 25.6 Å². The molecule has 0 aliphatic rings. The minimum absolute atomic E-state index is 0.483. The first-order valence-electron chi connectivity index (χ1n) is 7.80. The second-order valence-electron chi connectivity index (χ2n) is 6.48. The third-order valence-electron chi connectivity index (χ3n) is 3.47. The monoisotopic (exact) mass is 360 g/mol. The van der Waals surface area contributed by atoms with Crippen LogP contribution >= 0.6 is 0 Å². The van der Waals surface area contributed by atoms with E-state index in [1.807, 2.05) is 24.3 Å². The molecule has 1 rings (SSSR count). The van der Waals surface area contributed by atoms with Crippen molar-refractivity contribution in [1.29, 1.82) is 0 Å². The maximum absolute atomic E-state index is 11.9. The van der Waals surface area contributed by atoms with Crippen LogP contribution in [-0.4, -0.2) is 36.7 Å². The first kappa shape index (κ1) is 20.1. The molecule has 1 aromatic rings. The van der Waals surface area contributed by atoms with Gasteiger partial charge in [-0.3, -0.25) is 4.21 Å². The van der Waals surface area contributed by atoms with Crippen molar-refractivity contribution >= 4 is 26.5 Å². The zero-order chi connectivity index (χ0) is 17.5. The van der Waals surface area contributed by atoms with Crippen molar-refractivity contribution in [3.05, 3.63) is 24.3 Å². The molecule has 1 atom stereocenters. The highest BCUT2D eigenvalue weighted by Crippen LogP contribution is 2.13. The molecule has 0 saturated heterocycles. The molecule has 132 valence electrons. The number of nitrogens with one attached hydrogen (secondary N) is 2. The van der Waals surface area contributed by atoms with Crippen LogP contribution < -0.4 is 10.0 Å². The number of anilines is 1. The van der Waals surface area contributed by atoms with Crippen LogP contribution in [0, 0.1) is 0 Å². The molecule has 0 amide bonds. The van der Waals surface area contributed by atoms with Crippen LogP contribution in [0.2, 0.25) is 0 Å². The van der Waals surface area contributed by atoms with Gasteiger partial charge >= 0.3 is 0 Å². The summed E-state index contributed by atoms with van der Waals surface area (Å²) in [6, 6.07) is 7.57. The van der Waals surface area contributed by atoms with E-state index in [2.05, 4.69) is 10.0 Å². The molecule has 0 radical (unpaired) electrons. The number of benzene rings is 1. The lowest BCUT2D eigenvalue weighted by Crippen LogP contribution is -2.39. The SMILES string of the molecule is CS(=O)c1ccc(NCCCCCNS(=O)(=O)C(C)(C)C)cc1. The van der Waals surface area contributed by atoms with Gasteiger partial charge in [0, 0.05) is 40.7 Å².